The highest BCUT2D eigenvalue weighted by Crippen LogP contribution is 2.13. The van der Waals surface area contributed by atoms with Crippen LogP contribution in [0.2, 0.25) is 0 Å². The van der Waals surface area contributed by atoms with Gasteiger partial charge < -0.3 is 21.9 Å². The first-order valence-electron chi connectivity index (χ1n) is 4.80. The molecule has 0 aliphatic heterocycles. The highest BCUT2D eigenvalue weighted by atomic mass is 16.4. The van der Waals surface area contributed by atoms with Crippen molar-refractivity contribution in [3.05, 3.63) is 0 Å². The first-order chi connectivity index (χ1) is 6.74. The van der Waals surface area contributed by atoms with Crippen LogP contribution in [0.1, 0.15) is 33.1 Å². The number of carbonyl (C=O) groups excluding carboxylic acids is 1. The molecule has 0 bridgehead atoms. The van der Waals surface area contributed by atoms with E-state index in [0.29, 0.717) is 19.3 Å². The molecular formula is C9H19N3O3. The zero-order chi connectivity index (χ0) is 12.1. The van der Waals surface area contributed by atoms with Gasteiger partial charge in [0.2, 0.25) is 5.91 Å². The van der Waals surface area contributed by atoms with E-state index in [0.717, 1.165) is 0 Å². The Balaban J connectivity index is 3.84. The number of carboxylic acid groups (broad SMARTS) is 1. The van der Waals surface area contributed by atoms with Gasteiger partial charge in [-0.3, -0.25) is 4.79 Å². The summed E-state index contributed by atoms with van der Waals surface area (Å²) in [6.07, 6.45) is 0.678. The molecule has 0 aromatic rings. The van der Waals surface area contributed by atoms with Gasteiger partial charge in [-0.2, -0.15) is 0 Å². The van der Waals surface area contributed by atoms with Crippen molar-refractivity contribution < 1.29 is 14.7 Å². The summed E-state index contributed by atoms with van der Waals surface area (Å²) in [6.45, 7) is 3.55. The largest absolute Gasteiger partial charge is 0.465 e. The van der Waals surface area contributed by atoms with Gasteiger partial charge in [-0.15, -0.1) is 0 Å². The Morgan fingerprint density at radius 2 is 2.00 bits per heavy atom. The van der Waals surface area contributed by atoms with Gasteiger partial charge in [-0.1, -0.05) is 0 Å². The maximum absolute atomic E-state index is 10.6. The summed E-state index contributed by atoms with van der Waals surface area (Å²) in [4.78, 5) is 21.0. The molecule has 6 N–H and O–H groups in total. The lowest BCUT2D eigenvalue weighted by Gasteiger charge is -2.24. The Morgan fingerprint density at radius 3 is 2.40 bits per heavy atom. The van der Waals surface area contributed by atoms with E-state index in [-0.39, 0.29) is 0 Å². The fourth-order valence-electron chi connectivity index (χ4n) is 1.26. The van der Waals surface area contributed by atoms with E-state index in [2.05, 4.69) is 5.32 Å². The maximum atomic E-state index is 10.6. The molecule has 88 valence electrons. The van der Waals surface area contributed by atoms with Crippen LogP contribution in [-0.4, -0.2) is 28.7 Å². The van der Waals surface area contributed by atoms with Crippen LogP contribution in [0.5, 0.6) is 0 Å². The van der Waals surface area contributed by atoms with Gasteiger partial charge in [-0.25, -0.2) is 4.79 Å². The fourth-order valence-corrected chi connectivity index (χ4v) is 1.26. The highest BCUT2D eigenvalue weighted by Gasteiger charge is 2.20. The Morgan fingerprint density at radius 1 is 1.47 bits per heavy atom. The monoisotopic (exact) mass is 217 g/mol. The first-order valence-corrected chi connectivity index (χ1v) is 4.80. The third kappa shape index (κ3) is 6.73. The Hall–Kier alpha value is -1.30. The van der Waals surface area contributed by atoms with Crippen molar-refractivity contribution >= 4 is 12.0 Å². The number of hydrogen-bond acceptors (Lipinski definition) is 3. The molecule has 15 heavy (non-hydrogen) atoms. The molecule has 0 rings (SSSR count). The van der Waals surface area contributed by atoms with E-state index < -0.39 is 23.6 Å². The van der Waals surface area contributed by atoms with Crippen molar-refractivity contribution in [1.82, 2.24) is 5.32 Å². The SMILES string of the molecule is CC(C)(CCC[C@H](N)C(N)=O)NC(=O)O. The minimum Gasteiger partial charge on any atom is -0.465 e. The molecule has 0 aromatic heterocycles. The summed E-state index contributed by atoms with van der Waals surface area (Å²) in [5.41, 5.74) is 9.92. The number of rotatable bonds is 6. The first kappa shape index (κ1) is 13.7. The number of primary amides is 1. The van der Waals surface area contributed by atoms with E-state index in [1.165, 1.54) is 0 Å². The predicted octanol–water partition coefficient (Wildman–Crippen LogP) is 0.0155. The molecule has 0 aromatic carbocycles. The molecule has 6 nitrogen and oxygen atoms in total. The van der Waals surface area contributed by atoms with Crippen LogP contribution in [0.4, 0.5) is 4.79 Å². The third-order valence-electron chi connectivity index (χ3n) is 2.13. The van der Waals surface area contributed by atoms with Gasteiger partial charge in [-0.05, 0) is 33.1 Å². The lowest BCUT2D eigenvalue weighted by molar-refractivity contribution is -0.119. The zero-order valence-electron chi connectivity index (χ0n) is 9.12. The minimum absolute atomic E-state index is 0.472. The fraction of sp³-hybridized carbons (Fsp3) is 0.778. The van der Waals surface area contributed by atoms with Crippen LogP contribution in [0.25, 0.3) is 0 Å². The van der Waals surface area contributed by atoms with E-state index in [1.807, 2.05) is 0 Å². The number of hydrogen-bond donors (Lipinski definition) is 4. The molecule has 0 saturated heterocycles. The van der Waals surface area contributed by atoms with Crippen LogP contribution >= 0.6 is 0 Å². The van der Waals surface area contributed by atoms with Gasteiger partial charge >= 0.3 is 6.09 Å². The molecule has 0 aliphatic carbocycles. The van der Waals surface area contributed by atoms with Crippen LogP contribution in [-0.2, 0) is 4.79 Å². The Kier molecular flexibility index (Phi) is 5.07. The molecule has 0 fully saturated rings. The van der Waals surface area contributed by atoms with E-state index in [1.54, 1.807) is 13.8 Å². The lowest BCUT2D eigenvalue weighted by atomic mass is 9.96. The second-order valence-corrected chi connectivity index (χ2v) is 4.22. The minimum atomic E-state index is -1.06. The van der Waals surface area contributed by atoms with Gasteiger partial charge in [0.15, 0.2) is 0 Å². The number of nitrogens with two attached hydrogens (primary N) is 2. The summed E-state index contributed by atoms with van der Waals surface area (Å²) in [6, 6.07) is -0.648. The normalized spacial score (nSPS) is 13.3. The standard InChI is InChI=1S/C9H19N3O3/c1-9(2,12-8(14)15)5-3-4-6(10)7(11)13/h6,12H,3-5,10H2,1-2H3,(H2,11,13)(H,14,15)/t6-/m0/s1. The van der Waals surface area contributed by atoms with Crippen LogP contribution in [0.15, 0.2) is 0 Å². The quantitative estimate of drug-likeness (QED) is 0.501. The summed E-state index contributed by atoms with van der Waals surface area (Å²) < 4.78 is 0. The third-order valence-corrected chi connectivity index (χ3v) is 2.13. The molecule has 0 radical (unpaired) electrons. The second-order valence-electron chi connectivity index (χ2n) is 4.22. The molecular weight excluding hydrogens is 198 g/mol. The number of carbonyl (C=O) groups is 2. The van der Waals surface area contributed by atoms with Crippen molar-refractivity contribution in [2.45, 2.75) is 44.7 Å². The average Bonchev–Trinajstić information content (AvgIpc) is 2.00. The van der Waals surface area contributed by atoms with Crippen molar-refractivity contribution in [3.8, 4) is 0 Å². The Labute approximate surface area is 89.0 Å². The molecule has 0 heterocycles. The summed E-state index contributed by atoms with van der Waals surface area (Å²) in [5, 5.41) is 10.9. The Bertz CT molecular complexity index is 241. The molecule has 1 atom stereocenters. The molecule has 2 amide bonds. The molecule has 0 saturated carbocycles. The topological polar surface area (TPSA) is 118 Å². The summed E-state index contributed by atoms with van der Waals surface area (Å²) in [7, 11) is 0. The van der Waals surface area contributed by atoms with Gasteiger partial charge in [0.05, 0.1) is 6.04 Å². The van der Waals surface area contributed by atoms with Crippen molar-refractivity contribution in [1.29, 1.82) is 0 Å². The highest BCUT2D eigenvalue weighted by molar-refractivity contribution is 5.79. The molecule has 0 spiro atoms. The lowest BCUT2D eigenvalue weighted by Crippen LogP contribution is -2.43. The number of nitrogens with one attached hydrogen (secondary N) is 1. The van der Waals surface area contributed by atoms with E-state index >= 15 is 0 Å². The van der Waals surface area contributed by atoms with Crippen LogP contribution in [0, 0.1) is 0 Å². The van der Waals surface area contributed by atoms with Crippen molar-refractivity contribution in [2.75, 3.05) is 0 Å². The average molecular weight is 217 g/mol. The van der Waals surface area contributed by atoms with Crippen molar-refractivity contribution in [3.63, 3.8) is 0 Å². The predicted molar refractivity (Wildman–Crippen MR) is 56.3 cm³/mol. The van der Waals surface area contributed by atoms with E-state index in [9.17, 15) is 9.59 Å². The molecule has 0 unspecified atom stereocenters. The summed E-state index contributed by atoms with van der Waals surface area (Å²) in [5.74, 6) is -0.529. The van der Waals surface area contributed by atoms with E-state index in [4.69, 9.17) is 16.6 Å². The maximum Gasteiger partial charge on any atom is 0.405 e. The van der Waals surface area contributed by atoms with Crippen molar-refractivity contribution in [2.24, 2.45) is 11.5 Å². The molecule has 0 aliphatic rings. The molecule has 6 heteroatoms. The van der Waals surface area contributed by atoms with Gasteiger partial charge in [0.1, 0.15) is 0 Å². The smallest absolute Gasteiger partial charge is 0.405 e. The number of amides is 2. The van der Waals surface area contributed by atoms with Gasteiger partial charge in [0, 0.05) is 5.54 Å². The van der Waals surface area contributed by atoms with Crippen LogP contribution in [0.3, 0.4) is 0 Å². The second kappa shape index (κ2) is 5.55. The summed E-state index contributed by atoms with van der Waals surface area (Å²) >= 11 is 0. The zero-order valence-corrected chi connectivity index (χ0v) is 9.12. The van der Waals surface area contributed by atoms with Gasteiger partial charge in [0.25, 0.3) is 0 Å². The van der Waals surface area contributed by atoms with Crippen LogP contribution < -0.4 is 16.8 Å².